The SMILES string of the molecule is CC1CCN(C2CC2)C1=O. The molecular weight excluding hydrogens is 126 g/mol. The van der Waals surface area contributed by atoms with Crippen LogP contribution in [0.25, 0.3) is 0 Å². The van der Waals surface area contributed by atoms with Crippen molar-refractivity contribution in [3.63, 3.8) is 0 Å². The monoisotopic (exact) mass is 139 g/mol. The van der Waals surface area contributed by atoms with Gasteiger partial charge in [-0.15, -0.1) is 0 Å². The first-order chi connectivity index (χ1) is 4.79. The molecule has 1 amide bonds. The van der Waals surface area contributed by atoms with Crippen molar-refractivity contribution in [1.82, 2.24) is 4.90 Å². The van der Waals surface area contributed by atoms with E-state index in [2.05, 4.69) is 4.90 Å². The molecular formula is C8H13NO. The molecule has 10 heavy (non-hydrogen) atoms. The molecule has 0 radical (unpaired) electrons. The molecule has 1 unspecified atom stereocenters. The number of hydrogen-bond donors (Lipinski definition) is 0. The van der Waals surface area contributed by atoms with Crippen molar-refractivity contribution in [2.45, 2.75) is 32.2 Å². The van der Waals surface area contributed by atoms with Crippen molar-refractivity contribution in [3.8, 4) is 0 Å². The molecule has 2 fully saturated rings. The summed E-state index contributed by atoms with van der Waals surface area (Å²) in [5.74, 6) is 0.697. The predicted molar refractivity (Wildman–Crippen MR) is 38.5 cm³/mol. The van der Waals surface area contributed by atoms with Gasteiger partial charge >= 0.3 is 0 Å². The summed E-state index contributed by atoms with van der Waals surface area (Å²) >= 11 is 0. The van der Waals surface area contributed by atoms with Crippen LogP contribution >= 0.6 is 0 Å². The zero-order valence-electron chi connectivity index (χ0n) is 6.34. The van der Waals surface area contributed by atoms with Gasteiger partial charge in [-0.2, -0.15) is 0 Å². The highest BCUT2D eigenvalue weighted by atomic mass is 16.2. The number of carbonyl (C=O) groups excluding carboxylic acids is 1. The summed E-state index contributed by atoms with van der Waals surface area (Å²) in [6.07, 6.45) is 3.58. The first kappa shape index (κ1) is 6.20. The topological polar surface area (TPSA) is 20.3 Å². The van der Waals surface area contributed by atoms with Gasteiger partial charge in [-0.05, 0) is 19.3 Å². The fourth-order valence-corrected chi connectivity index (χ4v) is 1.60. The van der Waals surface area contributed by atoms with Crippen LogP contribution in [-0.4, -0.2) is 23.4 Å². The lowest BCUT2D eigenvalue weighted by Crippen LogP contribution is -2.28. The second-order valence-corrected chi connectivity index (χ2v) is 3.45. The van der Waals surface area contributed by atoms with Crippen LogP contribution in [0.5, 0.6) is 0 Å². The molecule has 0 aromatic rings. The van der Waals surface area contributed by atoms with E-state index < -0.39 is 0 Å². The molecule has 1 saturated heterocycles. The molecule has 0 bridgehead atoms. The highest BCUT2D eigenvalue weighted by Gasteiger charge is 2.38. The van der Waals surface area contributed by atoms with Crippen LogP contribution in [0.2, 0.25) is 0 Å². The number of likely N-dealkylation sites (tertiary alicyclic amines) is 1. The summed E-state index contributed by atoms with van der Waals surface area (Å²) in [4.78, 5) is 13.4. The average molecular weight is 139 g/mol. The quantitative estimate of drug-likeness (QED) is 0.531. The first-order valence-electron chi connectivity index (χ1n) is 4.09. The molecule has 2 rings (SSSR count). The lowest BCUT2D eigenvalue weighted by Gasteiger charge is -2.13. The highest BCUT2D eigenvalue weighted by Crippen LogP contribution is 2.32. The summed E-state index contributed by atoms with van der Waals surface area (Å²) in [6.45, 7) is 3.05. The van der Waals surface area contributed by atoms with E-state index in [1.807, 2.05) is 6.92 Å². The average Bonchev–Trinajstić information content (AvgIpc) is 2.67. The van der Waals surface area contributed by atoms with E-state index in [0.29, 0.717) is 17.9 Å². The van der Waals surface area contributed by atoms with Crippen molar-refractivity contribution >= 4 is 5.91 Å². The number of rotatable bonds is 1. The maximum atomic E-state index is 11.3. The summed E-state index contributed by atoms with van der Waals surface area (Å²) in [6, 6.07) is 0.637. The fraction of sp³-hybridized carbons (Fsp3) is 0.875. The lowest BCUT2D eigenvalue weighted by atomic mass is 10.1. The van der Waals surface area contributed by atoms with E-state index in [1.165, 1.54) is 12.8 Å². The van der Waals surface area contributed by atoms with E-state index in [9.17, 15) is 4.79 Å². The molecule has 1 atom stereocenters. The summed E-state index contributed by atoms with van der Waals surface area (Å²) in [7, 11) is 0. The Labute approximate surface area is 61.2 Å². The molecule has 0 aromatic heterocycles. The van der Waals surface area contributed by atoms with Gasteiger partial charge < -0.3 is 4.90 Å². The van der Waals surface area contributed by atoms with E-state index in [4.69, 9.17) is 0 Å². The Morgan fingerprint density at radius 1 is 1.40 bits per heavy atom. The standard InChI is InChI=1S/C8H13NO/c1-6-4-5-9(8(6)10)7-2-3-7/h6-7H,2-5H2,1H3. The Bertz CT molecular complexity index is 163. The minimum Gasteiger partial charge on any atom is -0.339 e. The summed E-state index contributed by atoms with van der Waals surface area (Å²) in [5.41, 5.74) is 0. The van der Waals surface area contributed by atoms with Gasteiger partial charge in [0, 0.05) is 18.5 Å². The molecule has 1 saturated carbocycles. The third-order valence-electron chi connectivity index (χ3n) is 2.50. The molecule has 2 heteroatoms. The molecule has 1 aliphatic carbocycles. The molecule has 0 aromatic carbocycles. The maximum absolute atomic E-state index is 11.3. The van der Waals surface area contributed by atoms with Gasteiger partial charge in [0.25, 0.3) is 0 Å². The minimum absolute atomic E-state index is 0.306. The first-order valence-corrected chi connectivity index (χ1v) is 4.09. The van der Waals surface area contributed by atoms with Gasteiger partial charge in [0.05, 0.1) is 0 Å². The Hall–Kier alpha value is -0.530. The summed E-state index contributed by atoms with van der Waals surface area (Å²) in [5, 5.41) is 0. The molecule has 1 aliphatic heterocycles. The normalized spacial score (nSPS) is 33.5. The van der Waals surface area contributed by atoms with E-state index in [1.54, 1.807) is 0 Å². The van der Waals surface area contributed by atoms with Crippen molar-refractivity contribution in [3.05, 3.63) is 0 Å². The Kier molecular flexibility index (Phi) is 1.22. The van der Waals surface area contributed by atoms with Gasteiger partial charge in [0.15, 0.2) is 0 Å². The zero-order chi connectivity index (χ0) is 7.14. The molecule has 1 heterocycles. The van der Waals surface area contributed by atoms with Gasteiger partial charge in [0.1, 0.15) is 0 Å². The minimum atomic E-state index is 0.306. The number of hydrogen-bond acceptors (Lipinski definition) is 1. The van der Waals surface area contributed by atoms with E-state index in [0.717, 1.165) is 13.0 Å². The predicted octanol–water partition coefficient (Wildman–Crippen LogP) is 1.02. The van der Waals surface area contributed by atoms with Crippen molar-refractivity contribution in [2.75, 3.05) is 6.54 Å². The van der Waals surface area contributed by atoms with Gasteiger partial charge in [-0.3, -0.25) is 4.79 Å². The zero-order valence-corrected chi connectivity index (χ0v) is 6.34. The molecule has 0 N–H and O–H groups in total. The Morgan fingerprint density at radius 2 is 2.10 bits per heavy atom. The van der Waals surface area contributed by atoms with Crippen LogP contribution in [0.4, 0.5) is 0 Å². The van der Waals surface area contributed by atoms with Crippen LogP contribution in [0.15, 0.2) is 0 Å². The second-order valence-electron chi connectivity index (χ2n) is 3.45. The third kappa shape index (κ3) is 0.825. The van der Waals surface area contributed by atoms with Crippen LogP contribution in [0.1, 0.15) is 26.2 Å². The van der Waals surface area contributed by atoms with E-state index in [-0.39, 0.29) is 0 Å². The molecule has 2 aliphatic rings. The van der Waals surface area contributed by atoms with Gasteiger partial charge in [-0.25, -0.2) is 0 Å². The molecule has 0 spiro atoms. The van der Waals surface area contributed by atoms with Crippen LogP contribution in [0.3, 0.4) is 0 Å². The largest absolute Gasteiger partial charge is 0.339 e. The second kappa shape index (κ2) is 1.97. The lowest BCUT2D eigenvalue weighted by molar-refractivity contribution is -0.130. The molecule has 2 nitrogen and oxygen atoms in total. The van der Waals surface area contributed by atoms with Crippen LogP contribution in [0, 0.1) is 5.92 Å². The Balaban J connectivity index is 2.03. The molecule has 56 valence electrons. The maximum Gasteiger partial charge on any atom is 0.225 e. The van der Waals surface area contributed by atoms with Crippen molar-refractivity contribution < 1.29 is 4.79 Å². The summed E-state index contributed by atoms with van der Waals surface area (Å²) < 4.78 is 0. The smallest absolute Gasteiger partial charge is 0.225 e. The number of nitrogens with zero attached hydrogens (tertiary/aromatic N) is 1. The van der Waals surface area contributed by atoms with Gasteiger partial charge in [0.2, 0.25) is 5.91 Å². The third-order valence-corrected chi connectivity index (χ3v) is 2.50. The van der Waals surface area contributed by atoms with Crippen LogP contribution in [-0.2, 0) is 4.79 Å². The number of amides is 1. The van der Waals surface area contributed by atoms with Crippen molar-refractivity contribution in [1.29, 1.82) is 0 Å². The highest BCUT2D eigenvalue weighted by molar-refractivity contribution is 5.81. The van der Waals surface area contributed by atoms with Gasteiger partial charge in [-0.1, -0.05) is 6.92 Å². The fourth-order valence-electron chi connectivity index (χ4n) is 1.60. The van der Waals surface area contributed by atoms with Crippen molar-refractivity contribution in [2.24, 2.45) is 5.92 Å². The van der Waals surface area contributed by atoms with E-state index >= 15 is 0 Å². The van der Waals surface area contributed by atoms with Crippen LogP contribution < -0.4 is 0 Å². The Morgan fingerprint density at radius 3 is 2.50 bits per heavy atom. The number of carbonyl (C=O) groups is 1.